The van der Waals surface area contributed by atoms with E-state index >= 15 is 0 Å². The van der Waals surface area contributed by atoms with Gasteiger partial charge in [-0.1, -0.05) is 12.1 Å². The molecule has 1 aromatic heterocycles. The number of anilines is 2. The van der Waals surface area contributed by atoms with Gasteiger partial charge in [-0.05, 0) is 49.6 Å². The van der Waals surface area contributed by atoms with Gasteiger partial charge in [0.2, 0.25) is 0 Å². The van der Waals surface area contributed by atoms with Crippen LogP contribution in [0.2, 0.25) is 0 Å². The monoisotopic (exact) mass is 267 g/mol. The molecule has 20 heavy (non-hydrogen) atoms. The van der Waals surface area contributed by atoms with Crippen LogP contribution in [0.15, 0.2) is 36.4 Å². The van der Waals surface area contributed by atoms with Crippen LogP contribution in [0, 0.1) is 6.92 Å². The number of pyridine rings is 1. The molecule has 4 heteroatoms. The Balaban J connectivity index is 2.00. The van der Waals surface area contributed by atoms with Crippen LogP contribution in [-0.4, -0.2) is 17.4 Å². The normalized spacial score (nSPS) is 13.9. The average Bonchev–Trinajstić information content (AvgIpc) is 2.46. The van der Waals surface area contributed by atoms with Crippen molar-refractivity contribution in [1.29, 1.82) is 0 Å². The molecule has 0 spiro atoms. The van der Waals surface area contributed by atoms with Gasteiger partial charge < -0.3 is 10.6 Å². The third-order valence-corrected chi connectivity index (χ3v) is 3.58. The second kappa shape index (κ2) is 4.96. The Kier molecular flexibility index (Phi) is 3.14. The zero-order valence-electron chi connectivity index (χ0n) is 11.5. The number of amides is 1. The van der Waals surface area contributed by atoms with Gasteiger partial charge in [0.15, 0.2) is 0 Å². The molecular formula is C16H17N3O. The van der Waals surface area contributed by atoms with Gasteiger partial charge in [0.05, 0.1) is 0 Å². The SMILES string of the molecule is Cc1cccc(C(=O)N2CCCc3ccc(N)cc32)n1. The summed E-state index contributed by atoms with van der Waals surface area (Å²) in [4.78, 5) is 18.8. The molecule has 0 fully saturated rings. The summed E-state index contributed by atoms with van der Waals surface area (Å²) in [6, 6.07) is 11.3. The smallest absolute Gasteiger partial charge is 0.276 e. The number of nitrogens with two attached hydrogens (primary N) is 1. The number of aryl methyl sites for hydroxylation is 2. The molecule has 1 aliphatic rings. The molecule has 102 valence electrons. The van der Waals surface area contributed by atoms with Crippen molar-refractivity contribution in [2.24, 2.45) is 0 Å². The number of carbonyl (C=O) groups is 1. The van der Waals surface area contributed by atoms with Gasteiger partial charge in [-0.15, -0.1) is 0 Å². The fourth-order valence-corrected chi connectivity index (χ4v) is 2.60. The Labute approximate surface area is 118 Å². The number of nitrogen functional groups attached to an aromatic ring is 1. The lowest BCUT2D eigenvalue weighted by atomic mass is 10.0. The number of hydrogen-bond acceptors (Lipinski definition) is 3. The lowest BCUT2D eigenvalue weighted by Crippen LogP contribution is -2.36. The van der Waals surface area contributed by atoms with Gasteiger partial charge >= 0.3 is 0 Å². The first-order chi connectivity index (χ1) is 9.65. The van der Waals surface area contributed by atoms with Crippen molar-refractivity contribution >= 4 is 17.3 Å². The Morgan fingerprint density at radius 1 is 1.30 bits per heavy atom. The van der Waals surface area contributed by atoms with Crippen LogP contribution in [0.25, 0.3) is 0 Å². The summed E-state index contributed by atoms with van der Waals surface area (Å²) in [5.41, 5.74) is 9.96. The van der Waals surface area contributed by atoms with E-state index in [1.54, 1.807) is 11.0 Å². The van der Waals surface area contributed by atoms with Crippen molar-refractivity contribution in [2.45, 2.75) is 19.8 Å². The zero-order chi connectivity index (χ0) is 14.1. The predicted molar refractivity (Wildman–Crippen MR) is 79.8 cm³/mol. The highest BCUT2D eigenvalue weighted by Gasteiger charge is 2.24. The Morgan fingerprint density at radius 3 is 2.95 bits per heavy atom. The average molecular weight is 267 g/mol. The topological polar surface area (TPSA) is 59.2 Å². The number of benzene rings is 1. The Hall–Kier alpha value is -2.36. The molecule has 2 aromatic rings. The maximum Gasteiger partial charge on any atom is 0.276 e. The fourth-order valence-electron chi connectivity index (χ4n) is 2.60. The summed E-state index contributed by atoms with van der Waals surface area (Å²) in [7, 11) is 0. The minimum absolute atomic E-state index is 0.0553. The minimum Gasteiger partial charge on any atom is -0.399 e. The summed E-state index contributed by atoms with van der Waals surface area (Å²) in [5.74, 6) is -0.0553. The van der Waals surface area contributed by atoms with E-state index in [0.717, 1.165) is 24.2 Å². The fraction of sp³-hybridized carbons (Fsp3) is 0.250. The van der Waals surface area contributed by atoms with Gasteiger partial charge in [0.25, 0.3) is 5.91 Å². The van der Waals surface area contributed by atoms with Crippen LogP contribution in [0.1, 0.15) is 28.2 Å². The third-order valence-electron chi connectivity index (χ3n) is 3.58. The van der Waals surface area contributed by atoms with E-state index in [-0.39, 0.29) is 5.91 Å². The molecule has 1 amide bonds. The van der Waals surface area contributed by atoms with Gasteiger partial charge in [0, 0.05) is 23.6 Å². The highest BCUT2D eigenvalue weighted by atomic mass is 16.2. The predicted octanol–water partition coefficient (Wildman–Crippen LogP) is 2.57. The van der Waals surface area contributed by atoms with E-state index in [1.807, 2.05) is 37.3 Å². The molecular weight excluding hydrogens is 250 g/mol. The van der Waals surface area contributed by atoms with Crippen LogP contribution >= 0.6 is 0 Å². The number of fused-ring (bicyclic) bond motifs is 1. The van der Waals surface area contributed by atoms with Gasteiger partial charge in [-0.2, -0.15) is 0 Å². The first kappa shape index (κ1) is 12.7. The van der Waals surface area contributed by atoms with Crippen LogP contribution < -0.4 is 10.6 Å². The molecule has 0 atom stereocenters. The second-order valence-corrected chi connectivity index (χ2v) is 5.11. The maximum atomic E-state index is 12.6. The molecule has 0 saturated carbocycles. The van der Waals surface area contributed by atoms with E-state index in [9.17, 15) is 4.79 Å². The number of carbonyl (C=O) groups excluding carboxylic acids is 1. The van der Waals surface area contributed by atoms with Gasteiger partial charge in [-0.25, -0.2) is 4.98 Å². The molecule has 3 rings (SSSR count). The van der Waals surface area contributed by atoms with Crippen LogP contribution in [-0.2, 0) is 6.42 Å². The first-order valence-corrected chi connectivity index (χ1v) is 6.79. The van der Waals surface area contributed by atoms with Crippen molar-refractivity contribution < 1.29 is 4.79 Å². The Morgan fingerprint density at radius 2 is 2.15 bits per heavy atom. The first-order valence-electron chi connectivity index (χ1n) is 6.79. The van der Waals surface area contributed by atoms with Crippen molar-refractivity contribution in [3.8, 4) is 0 Å². The summed E-state index contributed by atoms with van der Waals surface area (Å²) >= 11 is 0. The van der Waals surface area contributed by atoms with Crippen molar-refractivity contribution in [3.05, 3.63) is 53.3 Å². The summed E-state index contributed by atoms with van der Waals surface area (Å²) in [5, 5.41) is 0. The second-order valence-electron chi connectivity index (χ2n) is 5.11. The molecule has 1 aliphatic heterocycles. The highest BCUT2D eigenvalue weighted by molar-refractivity contribution is 6.05. The van der Waals surface area contributed by atoms with Crippen molar-refractivity contribution in [3.63, 3.8) is 0 Å². The summed E-state index contributed by atoms with van der Waals surface area (Å²) in [6.45, 7) is 2.60. The molecule has 2 heterocycles. The molecule has 4 nitrogen and oxygen atoms in total. The lowest BCUT2D eigenvalue weighted by Gasteiger charge is -2.29. The highest BCUT2D eigenvalue weighted by Crippen LogP contribution is 2.30. The molecule has 0 unspecified atom stereocenters. The van der Waals surface area contributed by atoms with E-state index in [1.165, 1.54) is 5.56 Å². The minimum atomic E-state index is -0.0553. The molecule has 0 saturated heterocycles. The number of nitrogens with zero attached hydrogens (tertiary/aromatic N) is 2. The van der Waals surface area contributed by atoms with E-state index in [0.29, 0.717) is 17.9 Å². The standard InChI is InChI=1S/C16H17N3O/c1-11-4-2-6-14(18-11)16(20)19-9-3-5-12-7-8-13(17)10-15(12)19/h2,4,6-8,10H,3,5,9,17H2,1H3. The van der Waals surface area contributed by atoms with Crippen LogP contribution in [0.4, 0.5) is 11.4 Å². The molecule has 0 radical (unpaired) electrons. The number of hydrogen-bond donors (Lipinski definition) is 1. The number of rotatable bonds is 1. The van der Waals surface area contributed by atoms with E-state index in [2.05, 4.69) is 4.98 Å². The van der Waals surface area contributed by atoms with Crippen LogP contribution in [0.5, 0.6) is 0 Å². The summed E-state index contributed by atoms with van der Waals surface area (Å²) in [6.07, 6.45) is 1.95. The van der Waals surface area contributed by atoms with E-state index in [4.69, 9.17) is 5.73 Å². The van der Waals surface area contributed by atoms with Crippen LogP contribution in [0.3, 0.4) is 0 Å². The largest absolute Gasteiger partial charge is 0.399 e. The zero-order valence-corrected chi connectivity index (χ0v) is 11.5. The maximum absolute atomic E-state index is 12.6. The molecule has 0 aliphatic carbocycles. The molecule has 0 bridgehead atoms. The summed E-state index contributed by atoms with van der Waals surface area (Å²) < 4.78 is 0. The molecule has 2 N–H and O–H groups in total. The van der Waals surface area contributed by atoms with Crippen molar-refractivity contribution in [1.82, 2.24) is 4.98 Å². The third kappa shape index (κ3) is 2.25. The quantitative estimate of drug-likeness (QED) is 0.808. The number of aromatic nitrogens is 1. The lowest BCUT2D eigenvalue weighted by molar-refractivity contribution is 0.0980. The Bertz CT molecular complexity index is 667. The van der Waals surface area contributed by atoms with Crippen molar-refractivity contribution in [2.75, 3.05) is 17.2 Å². The van der Waals surface area contributed by atoms with Gasteiger partial charge in [0.1, 0.15) is 5.69 Å². The molecule has 1 aromatic carbocycles. The van der Waals surface area contributed by atoms with E-state index < -0.39 is 0 Å². The van der Waals surface area contributed by atoms with Gasteiger partial charge in [-0.3, -0.25) is 4.79 Å².